The summed E-state index contributed by atoms with van der Waals surface area (Å²) in [5, 5.41) is 9.40. The molecular weight excluding hydrogens is 288 g/mol. The molecular formula is C14H18ClF2NO2. The molecule has 0 amide bonds. The summed E-state index contributed by atoms with van der Waals surface area (Å²) >= 11 is 5.93. The minimum Gasteiger partial charge on any atom is -0.433 e. The normalized spacial score (nSPS) is 20.4. The van der Waals surface area contributed by atoms with Gasteiger partial charge in [-0.3, -0.25) is 4.90 Å². The van der Waals surface area contributed by atoms with E-state index in [1.54, 1.807) is 12.1 Å². The van der Waals surface area contributed by atoms with E-state index >= 15 is 0 Å². The van der Waals surface area contributed by atoms with Gasteiger partial charge in [0.25, 0.3) is 0 Å². The molecule has 1 aromatic rings. The molecule has 1 unspecified atom stereocenters. The third-order valence-corrected chi connectivity index (χ3v) is 3.78. The number of likely N-dealkylation sites (tertiary alicyclic amines) is 1. The van der Waals surface area contributed by atoms with Crippen molar-refractivity contribution in [3.63, 3.8) is 0 Å². The number of hydrogen-bond acceptors (Lipinski definition) is 3. The van der Waals surface area contributed by atoms with Gasteiger partial charge in [0.1, 0.15) is 5.75 Å². The predicted octanol–water partition coefficient (Wildman–Crippen LogP) is 3.15. The number of nitrogens with zero attached hydrogens (tertiary/aromatic N) is 1. The molecule has 0 spiro atoms. The average molecular weight is 306 g/mol. The van der Waals surface area contributed by atoms with Gasteiger partial charge < -0.3 is 9.84 Å². The monoisotopic (exact) mass is 305 g/mol. The molecule has 20 heavy (non-hydrogen) atoms. The number of ether oxygens (including phenoxy) is 1. The van der Waals surface area contributed by atoms with Crippen molar-refractivity contribution in [1.29, 1.82) is 0 Å². The van der Waals surface area contributed by atoms with Crippen LogP contribution in [0.2, 0.25) is 5.02 Å². The second kappa shape index (κ2) is 7.20. The van der Waals surface area contributed by atoms with Crippen LogP contribution in [0.25, 0.3) is 0 Å². The van der Waals surface area contributed by atoms with E-state index in [2.05, 4.69) is 9.64 Å². The van der Waals surface area contributed by atoms with Crippen molar-refractivity contribution in [3.05, 3.63) is 28.8 Å². The SMILES string of the molecule is OCC1CCCN(Cc2ccc(OC(F)F)c(Cl)c2)C1. The zero-order valence-electron chi connectivity index (χ0n) is 11.1. The second-order valence-corrected chi connectivity index (χ2v) is 5.48. The van der Waals surface area contributed by atoms with Gasteiger partial charge in [-0.15, -0.1) is 0 Å². The number of benzene rings is 1. The highest BCUT2D eigenvalue weighted by atomic mass is 35.5. The lowest BCUT2D eigenvalue weighted by Crippen LogP contribution is -2.36. The first-order valence-corrected chi connectivity index (χ1v) is 7.02. The van der Waals surface area contributed by atoms with Crippen molar-refractivity contribution < 1.29 is 18.6 Å². The lowest BCUT2D eigenvalue weighted by molar-refractivity contribution is -0.0498. The molecule has 1 atom stereocenters. The molecule has 1 saturated heterocycles. The summed E-state index contributed by atoms with van der Waals surface area (Å²) in [5.41, 5.74) is 0.954. The smallest absolute Gasteiger partial charge is 0.387 e. The van der Waals surface area contributed by atoms with Gasteiger partial charge in [-0.2, -0.15) is 8.78 Å². The summed E-state index contributed by atoms with van der Waals surface area (Å²) in [6.45, 7) is -0.137. The van der Waals surface area contributed by atoms with Crippen LogP contribution in [0.5, 0.6) is 5.75 Å². The number of aliphatic hydroxyl groups excluding tert-OH is 1. The fraction of sp³-hybridized carbons (Fsp3) is 0.571. The number of hydrogen-bond donors (Lipinski definition) is 1. The highest BCUT2D eigenvalue weighted by Crippen LogP contribution is 2.28. The summed E-state index contributed by atoms with van der Waals surface area (Å²) in [6.07, 6.45) is 2.11. The third kappa shape index (κ3) is 4.30. The molecule has 2 rings (SSSR count). The Labute approximate surface area is 122 Å². The highest BCUT2D eigenvalue weighted by Gasteiger charge is 2.19. The molecule has 3 nitrogen and oxygen atoms in total. The Hall–Kier alpha value is -0.910. The highest BCUT2D eigenvalue weighted by molar-refractivity contribution is 6.32. The fourth-order valence-corrected chi connectivity index (χ4v) is 2.78. The molecule has 0 radical (unpaired) electrons. The number of aliphatic hydroxyl groups is 1. The minimum absolute atomic E-state index is 0.00250. The van der Waals surface area contributed by atoms with Gasteiger partial charge in [0.2, 0.25) is 0 Å². The quantitative estimate of drug-likeness (QED) is 0.907. The number of alkyl halides is 2. The fourth-order valence-electron chi connectivity index (χ4n) is 2.54. The molecule has 1 aromatic carbocycles. The Morgan fingerprint density at radius 2 is 2.25 bits per heavy atom. The first-order chi connectivity index (χ1) is 9.58. The van der Waals surface area contributed by atoms with Gasteiger partial charge in [-0.05, 0) is 43.0 Å². The number of halogens is 3. The molecule has 1 heterocycles. The van der Waals surface area contributed by atoms with Gasteiger partial charge in [-0.1, -0.05) is 17.7 Å². The average Bonchev–Trinajstić information content (AvgIpc) is 2.42. The Bertz CT molecular complexity index is 445. The van der Waals surface area contributed by atoms with Crippen LogP contribution in [0.4, 0.5) is 8.78 Å². The van der Waals surface area contributed by atoms with Crippen molar-refractivity contribution in [2.75, 3.05) is 19.7 Å². The second-order valence-electron chi connectivity index (χ2n) is 5.07. The summed E-state index contributed by atoms with van der Waals surface area (Å²) in [4.78, 5) is 2.24. The van der Waals surface area contributed by atoms with Gasteiger partial charge in [0.05, 0.1) is 5.02 Å². The lowest BCUT2D eigenvalue weighted by Gasteiger charge is -2.31. The standard InChI is InChI=1S/C14H18ClF2NO2/c15-12-6-10(3-4-13(12)20-14(16)17)7-18-5-1-2-11(8-18)9-19/h3-4,6,11,14,19H,1-2,5,7-9H2. The molecule has 0 aliphatic carbocycles. The number of piperidine rings is 1. The molecule has 1 aliphatic rings. The van der Waals surface area contributed by atoms with Crippen LogP contribution < -0.4 is 4.74 Å². The summed E-state index contributed by atoms with van der Waals surface area (Å²) in [7, 11) is 0. The molecule has 1 aliphatic heterocycles. The van der Waals surface area contributed by atoms with E-state index in [0.717, 1.165) is 31.5 Å². The first-order valence-electron chi connectivity index (χ1n) is 6.65. The zero-order chi connectivity index (χ0) is 14.5. The van der Waals surface area contributed by atoms with Crippen molar-refractivity contribution in [2.24, 2.45) is 5.92 Å². The van der Waals surface area contributed by atoms with Crippen LogP contribution in [0, 0.1) is 5.92 Å². The zero-order valence-corrected chi connectivity index (χ0v) is 11.8. The molecule has 0 aromatic heterocycles. The topological polar surface area (TPSA) is 32.7 Å². The largest absolute Gasteiger partial charge is 0.433 e. The molecule has 1 N–H and O–H groups in total. The van der Waals surface area contributed by atoms with Gasteiger partial charge in [0, 0.05) is 19.7 Å². The minimum atomic E-state index is -2.87. The predicted molar refractivity (Wildman–Crippen MR) is 73.2 cm³/mol. The lowest BCUT2D eigenvalue weighted by atomic mass is 9.98. The Morgan fingerprint density at radius 3 is 2.90 bits per heavy atom. The van der Waals surface area contributed by atoms with Crippen molar-refractivity contribution in [1.82, 2.24) is 4.90 Å². The molecule has 6 heteroatoms. The number of rotatable bonds is 5. The summed E-state index contributed by atoms with van der Waals surface area (Å²) in [6, 6.07) is 4.87. The van der Waals surface area contributed by atoms with Crippen LogP contribution in [-0.4, -0.2) is 36.3 Å². The van der Waals surface area contributed by atoms with Crippen LogP contribution in [0.1, 0.15) is 18.4 Å². The van der Waals surface area contributed by atoms with Gasteiger partial charge in [0.15, 0.2) is 0 Å². The van der Waals surface area contributed by atoms with E-state index in [-0.39, 0.29) is 17.4 Å². The van der Waals surface area contributed by atoms with Crippen LogP contribution in [0.3, 0.4) is 0 Å². The Morgan fingerprint density at radius 1 is 1.45 bits per heavy atom. The van der Waals surface area contributed by atoms with Crippen molar-refractivity contribution in [2.45, 2.75) is 26.0 Å². The first kappa shape index (κ1) is 15.5. The summed E-state index contributed by atoms with van der Waals surface area (Å²) < 4.78 is 28.6. The maximum atomic E-state index is 12.1. The Balaban J connectivity index is 1.97. The molecule has 0 bridgehead atoms. The summed E-state index contributed by atoms with van der Waals surface area (Å²) in [5.74, 6) is 0.318. The maximum absolute atomic E-state index is 12.1. The van der Waals surface area contributed by atoms with E-state index in [1.807, 2.05) is 0 Å². The van der Waals surface area contributed by atoms with Gasteiger partial charge in [-0.25, -0.2) is 0 Å². The molecule has 1 fully saturated rings. The van der Waals surface area contributed by atoms with E-state index in [0.29, 0.717) is 12.5 Å². The van der Waals surface area contributed by atoms with Gasteiger partial charge >= 0.3 is 6.61 Å². The maximum Gasteiger partial charge on any atom is 0.387 e. The third-order valence-electron chi connectivity index (χ3n) is 3.48. The molecule has 0 saturated carbocycles. The Kier molecular flexibility index (Phi) is 5.57. The van der Waals surface area contributed by atoms with Crippen LogP contribution >= 0.6 is 11.6 Å². The van der Waals surface area contributed by atoms with E-state index in [9.17, 15) is 13.9 Å². The van der Waals surface area contributed by atoms with Crippen molar-refractivity contribution in [3.8, 4) is 5.75 Å². The van der Waals surface area contributed by atoms with Crippen molar-refractivity contribution >= 4 is 11.6 Å². The molecule has 112 valence electrons. The van der Waals surface area contributed by atoms with E-state index < -0.39 is 6.61 Å². The van der Waals surface area contributed by atoms with E-state index in [4.69, 9.17) is 11.6 Å². The van der Waals surface area contributed by atoms with Crippen LogP contribution in [-0.2, 0) is 6.54 Å². The van der Waals surface area contributed by atoms with Crippen LogP contribution in [0.15, 0.2) is 18.2 Å². The van der Waals surface area contributed by atoms with E-state index in [1.165, 1.54) is 6.07 Å².